The summed E-state index contributed by atoms with van der Waals surface area (Å²) in [6, 6.07) is 17.4. The van der Waals surface area contributed by atoms with Gasteiger partial charge >= 0.3 is 0 Å². The molecule has 17 nitrogen and oxygen atoms in total. The van der Waals surface area contributed by atoms with Gasteiger partial charge in [0.25, 0.3) is 11.8 Å². The first kappa shape index (κ1) is 48.2. The zero-order valence-corrected chi connectivity index (χ0v) is 41.7. The maximum Gasteiger partial charge on any atom is 0.262 e. The third-order valence-electron chi connectivity index (χ3n) is 14.3. The lowest BCUT2D eigenvalue weighted by atomic mass is 9.92. The van der Waals surface area contributed by atoms with Crippen LogP contribution in [0.15, 0.2) is 85.8 Å². The van der Waals surface area contributed by atoms with Crippen molar-refractivity contribution in [1.29, 1.82) is 0 Å². The molecule has 6 heterocycles. The van der Waals surface area contributed by atoms with Crippen LogP contribution >= 0.6 is 7.14 Å². The summed E-state index contributed by atoms with van der Waals surface area (Å²) in [7, 11) is 0.796. The number of hydrogen-bond acceptors (Lipinski definition) is 14. The van der Waals surface area contributed by atoms with E-state index in [1.54, 1.807) is 37.4 Å². The summed E-state index contributed by atoms with van der Waals surface area (Å²) in [6.07, 6.45) is 9.98. The van der Waals surface area contributed by atoms with E-state index in [4.69, 9.17) is 9.72 Å². The van der Waals surface area contributed by atoms with Gasteiger partial charge in [-0.15, -0.1) is 0 Å². The molecule has 0 aliphatic carbocycles. The van der Waals surface area contributed by atoms with Crippen molar-refractivity contribution in [3.05, 3.63) is 108 Å². The number of aromatic nitrogens is 4. The molecule has 19 heteroatoms. The molecule has 4 amide bonds. The molecule has 3 N–H and O–H groups in total. The van der Waals surface area contributed by atoms with Gasteiger partial charge in [-0.3, -0.25) is 39.0 Å². The third kappa shape index (κ3) is 9.43. The highest BCUT2D eigenvalue weighted by atomic mass is 31.2. The predicted molar refractivity (Wildman–Crippen MR) is 278 cm³/mol. The van der Waals surface area contributed by atoms with Gasteiger partial charge in [-0.1, -0.05) is 43.0 Å². The van der Waals surface area contributed by atoms with Crippen molar-refractivity contribution in [3.63, 3.8) is 0 Å². The van der Waals surface area contributed by atoms with Crippen LogP contribution in [0.3, 0.4) is 0 Å². The normalized spacial score (nSPS) is 17.9. The van der Waals surface area contributed by atoms with E-state index in [9.17, 15) is 23.7 Å². The second kappa shape index (κ2) is 19.6. The molecule has 10 rings (SSSR count). The first-order valence-electron chi connectivity index (χ1n) is 24.3. The summed E-state index contributed by atoms with van der Waals surface area (Å²) in [4.78, 5) is 68.1. The highest BCUT2D eigenvalue weighted by Crippen LogP contribution is 2.44. The number of nitrogens with zero attached hydrogens (tertiary/aromatic N) is 8. The van der Waals surface area contributed by atoms with E-state index < -0.39 is 42.6 Å². The average Bonchev–Trinajstić information content (AvgIpc) is 3.91. The molecule has 1 atom stereocenters. The number of methoxy groups -OCH3 is 1. The molecule has 6 aromatic rings. The van der Waals surface area contributed by atoms with Crippen molar-refractivity contribution in [2.24, 2.45) is 13.0 Å². The first-order chi connectivity index (χ1) is 34.7. The topological polar surface area (TPSA) is 187 Å². The second-order valence-electron chi connectivity index (χ2n) is 19.3. The molecule has 4 aromatic carbocycles. The number of imide groups is 2. The minimum Gasteiger partial charge on any atom is -0.494 e. The number of fused-ring (bicyclic) bond motifs is 2. The Morgan fingerprint density at radius 3 is 2.29 bits per heavy atom. The molecular formula is C53H57FN11O6P. The number of ether oxygens (including phenoxy) is 1. The molecule has 372 valence electrons. The molecule has 0 saturated carbocycles. The number of benzene rings is 4. The molecular weight excluding hydrogens is 937 g/mol. The van der Waals surface area contributed by atoms with E-state index in [-0.39, 0.29) is 29.7 Å². The summed E-state index contributed by atoms with van der Waals surface area (Å²) in [5.41, 5.74) is 5.26. The zero-order valence-electron chi connectivity index (χ0n) is 40.8. The van der Waals surface area contributed by atoms with Crippen LogP contribution in [0.1, 0.15) is 58.4 Å². The highest BCUT2D eigenvalue weighted by molar-refractivity contribution is 7.71. The van der Waals surface area contributed by atoms with Gasteiger partial charge in [0.1, 0.15) is 30.6 Å². The van der Waals surface area contributed by atoms with Crippen molar-refractivity contribution >= 4 is 87.4 Å². The smallest absolute Gasteiger partial charge is 0.262 e. The first-order valence-corrected chi connectivity index (χ1v) is 26.9. The van der Waals surface area contributed by atoms with Gasteiger partial charge in [-0.2, -0.15) is 10.1 Å². The largest absolute Gasteiger partial charge is 0.494 e. The van der Waals surface area contributed by atoms with E-state index in [2.05, 4.69) is 54.5 Å². The quantitative estimate of drug-likeness (QED) is 0.0725. The lowest BCUT2D eigenvalue weighted by molar-refractivity contribution is -0.136. The molecule has 0 spiro atoms. The fourth-order valence-corrected chi connectivity index (χ4v) is 12.0. The Bertz CT molecular complexity index is 3210. The number of amides is 4. The average molecular weight is 994 g/mol. The zero-order chi connectivity index (χ0) is 50.4. The van der Waals surface area contributed by atoms with Gasteiger partial charge in [-0.25, -0.2) is 9.37 Å². The highest BCUT2D eigenvalue weighted by Gasteiger charge is 2.45. The SMILES string of the molecule is C=Cc1cnc(Nc2cc(-c3cnn(C)c3)c(N3CCN(CCC4CCN(c5cc6c(cc5F)C(=O)N(C5CCC(=O)NC5=O)C6=O)CC4)CC3)cc2OC)nc1Nc1ccc2ccccc2c1P(C)(C)=O. The van der Waals surface area contributed by atoms with Gasteiger partial charge in [0.05, 0.1) is 41.5 Å². The number of carbonyl (C=O) groups is 4. The van der Waals surface area contributed by atoms with E-state index >= 15 is 4.39 Å². The summed E-state index contributed by atoms with van der Waals surface area (Å²) < 4.78 is 37.2. The van der Waals surface area contributed by atoms with Crippen LogP contribution in [0.4, 0.5) is 38.9 Å². The molecule has 4 aliphatic heterocycles. The number of piperazine rings is 1. The van der Waals surface area contributed by atoms with Gasteiger partial charge in [0.15, 0.2) is 0 Å². The Labute approximate surface area is 416 Å². The molecule has 4 aliphatic rings. The van der Waals surface area contributed by atoms with Gasteiger partial charge < -0.3 is 29.7 Å². The van der Waals surface area contributed by atoms with Crippen molar-refractivity contribution in [2.45, 2.75) is 38.1 Å². The van der Waals surface area contributed by atoms with Gasteiger partial charge in [-0.05, 0) is 86.5 Å². The third-order valence-corrected chi connectivity index (χ3v) is 15.9. The van der Waals surface area contributed by atoms with Crippen molar-refractivity contribution in [3.8, 4) is 16.9 Å². The molecule has 0 bridgehead atoms. The Hall–Kier alpha value is -7.43. The van der Waals surface area contributed by atoms with Crippen molar-refractivity contribution in [1.82, 2.24) is 34.9 Å². The van der Waals surface area contributed by atoms with Gasteiger partial charge in [0.2, 0.25) is 17.8 Å². The molecule has 0 radical (unpaired) electrons. The van der Waals surface area contributed by atoms with Crippen molar-refractivity contribution in [2.75, 3.05) is 86.7 Å². The predicted octanol–water partition coefficient (Wildman–Crippen LogP) is 7.39. The molecule has 2 aromatic heterocycles. The van der Waals surface area contributed by atoms with Crippen LogP contribution in [0, 0.1) is 11.7 Å². The Morgan fingerprint density at radius 2 is 1.60 bits per heavy atom. The standard InChI is InChI=1S/C53H57FN11O6P/c1-6-33-29-55-53(60-49(33)57-41-12-11-34-9-7-8-10-36(34)48(41)72(4,5)70)58-42-26-37(35-30-56-61(2)31-35)44(28-46(42)71-3)64-23-21-62(22-24-64)18-15-32-16-19-63(20-17-32)45-27-39-38(25-40(45)54)51(68)65(52(39)69)43-13-14-47(66)59-50(43)67/h6-12,25-32,43H,1,13-24H2,2-5H3,(H,59,66,67)(H2,55,57,58,60). The minimum absolute atomic E-state index is 0.0122. The van der Waals surface area contributed by atoms with Crippen molar-refractivity contribution < 1.29 is 32.9 Å². The van der Waals surface area contributed by atoms with Crippen LogP contribution in [-0.2, 0) is 21.2 Å². The van der Waals surface area contributed by atoms with Crippen LogP contribution in [0.25, 0.3) is 28.0 Å². The summed E-state index contributed by atoms with van der Waals surface area (Å²) in [6.45, 7) is 13.0. The van der Waals surface area contributed by atoms with E-state index in [0.29, 0.717) is 53.5 Å². The fourth-order valence-electron chi connectivity index (χ4n) is 10.5. The number of halogens is 1. The lowest BCUT2D eigenvalue weighted by Crippen LogP contribution is -2.54. The summed E-state index contributed by atoms with van der Waals surface area (Å²) in [5, 5.41) is 16.3. The number of carbonyl (C=O) groups excluding carboxylic acids is 4. The Balaban J connectivity index is 0.791. The van der Waals surface area contributed by atoms with Crippen LogP contribution in [-0.4, -0.2) is 125 Å². The number of piperidine rings is 2. The maximum absolute atomic E-state index is 15.6. The molecule has 1 unspecified atom stereocenters. The summed E-state index contributed by atoms with van der Waals surface area (Å²) in [5.74, 6) is -1.22. The van der Waals surface area contributed by atoms with Gasteiger partial charge in [0, 0.05) is 98.9 Å². The number of anilines is 6. The maximum atomic E-state index is 15.6. The summed E-state index contributed by atoms with van der Waals surface area (Å²) >= 11 is 0. The van der Waals surface area contributed by atoms with Crippen LogP contribution in [0.5, 0.6) is 5.75 Å². The second-order valence-corrected chi connectivity index (χ2v) is 22.5. The van der Waals surface area contributed by atoms with E-state index in [1.807, 2.05) is 60.7 Å². The Kier molecular flexibility index (Phi) is 13.2. The minimum atomic E-state index is -2.74. The number of hydrogen-bond donors (Lipinski definition) is 3. The lowest BCUT2D eigenvalue weighted by Gasteiger charge is -2.39. The van der Waals surface area contributed by atoms with E-state index in [0.717, 1.165) is 95.8 Å². The number of aryl methyl sites for hydroxylation is 1. The molecule has 3 saturated heterocycles. The van der Waals surface area contributed by atoms with Crippen LogP contribution < -0.4 is 35.8 Å². The Morgan fingerprint density at radius 1 is 0.861 bits per heavy atom. The fraction of sp³-hybridized carbons (Fsp3) is 0.340. The molecule has 3 fully saturated rings. The monoisotopic (exact) mass is 993 g/mol. The van der Waals surface area contributed by atoms with E-state index in [1.165, 1.54) is 6.07 Å². The molecule has 72 heavy (non-hydrogen) atoms. The van der Waals surface area contributed by atoms with Crippen LogP contribution in [0.2, 0.25) is 0 Å². The number of nitrogens with one attached hydrogen (secondary N) is 3. The number of rotatable bonds is 14.